The van der Waals surface area contributed by atoms with Crippen molar-refractivity contribution in [3.8, 4) is 5.75 Å². The number of ether oxygens (including phenoxy) is 1. The Morgan fingerprint density at radius 2 is 1.70 bits per heavy atom. The van der Waals surface area contributed by atoms with E-state index in [2.05, 4.69) is 15.5 Å². The van der Waals surface area contributed by atoms with Crippen LogP contribution in [0.5, 0.6) is 5.75 Å². The second-order valence-electron chi connectivity index (χ2n) is 7.77. The first-order valence-electron chi connectivity index (χ1n) is 10.3. The van der Waals surface area contributed by atoms with E-state index in [1.54, 1.807) is 50.2 Å². The Balaban J connectivity index is 1.48. The van der Waals surface area contributed by atoms with E-state index in [-0.39, 0.29) is 16.8 Å². The molecule has 0 saturated carbocycles. The normalized spacial score (nSPS) is 11.6. The van der Waals surface area contributed by atoms with E-state index >= 15 is 0 Å². The molecular weight excluding hydrogens is 442 g/mol. The fourth-order valence-corrected chi connectivity index (χ4v) is 4.41. The Hall–Kier alpha value is -3.72. The highest BCUT2D eigenvalue weighted by molar-refractivity contribution is 7.92. The van der Waals surface area contributed by atoms with Gasteiger partial charge in [-0.05, 0) is 54.4 Å². The van der Waals surface area contributed by atoms with Gasteiger partial charge < -0.3 is 9.15 Å². The van der Waals surface area contributed by atoms with Crippen molar-refractivity contribution in [2.45, 2.75) is 30.4 Å². The highest BCUT2D eigenvalue weighted by atomic mass is 32.2. The molecule has 0 aliphatic carbocycles. The highest BCUT2D eigenvalue weighted by Gasteiger charge is 2.20. The average Bonchev–Trinajstić information content (AvgIpc) is 3.24. The van der Waals surface area contributed by atoms with E-state index in [9.17, 15) is 13.2 Å². The molecule has 4 rings (SSSR count). The Labute approximate surface area is 191 Å². The smallest absolute Gasteiger partial charge is 0.322 e. The van der Waals surface area contributed by atoms with Crippen molar-refractivity contribution < 1.29 is 22.4 Å². The molecule has 0 saturated heterocycles. The van der Waals surface area contributed by atoms with Gasteiger partial charge in [0, 0.05) is 0 Å². The number of anilines is 1. The minimum atomic E-state index is -3.33. The third-order valence-electron chi connectivity index (χ3n) is 5.23. The zero-order valence-corrected chi connectivity index (χ0v) is 19.2. The molecule has 1 amide bonds. The molecule has 0 bridgehead atoms. The summed E-state index contributed by atoms with van der Waals surface area (Å²) in [7, 11) is -1.83. The second kappa shape index (κ2) is 9.03. The minimum absolute atomic E-state index is 0.0378. The number of nitrogens with one attached hydrogen (secondary N) is 1. The van der Waals surface area contributed by atoms with Crippen molar-refractivity contribution in [3.63, 3.8) is 0 Å². The largest absolute Gasteiger partial charge is 0.496 e. The molecule has 1 N–H and O–H groups in total. The monoisotopic (exact) mass is 465 g/mol. The Morgan fingerprint density at radius 1 is 1.03 bits per heavy atom. The maximum atomic E-state index is 12.8. The van der Waals surface area contributed by atoms with Gasteiger partial charge in [-0.1, -0.05) is 41.5 Å². The molecule has 8 nitrogen and oxygen atoms in total. The van der Waals surface area contributed by atoms with E-state index in [1.165, 1.54) is 7.11 Å². The van der Waals surface area contributed by atoms with E-state index in [4.69, 9.17) is 9.15 Å². The van der Waals surface area contributed by atoms with Crippen molar-refractivity contribution in [2.24, 2.45) is 0 Å². The van der Waals surface area contributed by atoms with E-state index in [0.29, 0.717) is 17.7 Å². The predicted molar refractivity (Wildman–Crippen MR) is 124 cm³/mol. The summed E-state index contributed by atoms with van der Waals surface area (Å²) < 4.78 is 35.4. The van der Waals surface area contributed by atoms with Crippen molar-refractivity contribution in [1.29, 1.82) is 0 Å². The standard InChI is InChI=1S/C24H23N3O5S/c1-15(2)33(29,30)19-10-8-16(9-11-19)12-22-26-27-24(32-22)25-23(28)20-13-17-6-4-5-7-18(17)14-21(20)31-3/h4-11,13-15H,12H2,1-3H3,(H,25,27,28). The van der Waals surface area contributed by atoms with Crippen LogP contribution in [0.25, 0.3) is 10.8 Å². The van der Waals surface area contributed by atoms with Gasteiger partial charge in [0.25, 0.3) is 5.91 Å². The van der Waals surface area contributed by atoms with E-state index in [1.807, 2.05) is 24.3 Å². The number of amides is 1. The first-order valence-corrected chi connectivity index (χ1v) is 11.9. The molecule has 1 heterocycles. The van der Waals surface area contributed by atoms with Gasteiger partial charge >= 0.3 is 6.01 Å². The summed E-state index contributed by atoms with van der Waals surface area (Å²) in [6, 6.07) is 17.7. The number of hydrogen-bond donors (Lipinski definition) is 1. The number of sulfone groups is 1. The SMILES string of the molecule is COc1cc2ccccc2cc1C(=O)Nc1nnc(Cc2ccc(S(=O)(=O)C(C)C)cc2)o1. The second-order valence-corrected chi connectivity index (χ2v) is 10.3. The molecule has 0 atom stereocenters. The number of carbonyl (C=O) groups excluding carboxylic acids is 1. The van der Waals surface area contributed by atoms with Gasteiger partial charge in [-0.3, -0.25) is 10.1 Å². The van der Waals surface area contributed by atoms with Crippen LogP contribution in [0.1, 0.15) is 35.7 Å². The lowest BCUT2D eigenvalue weighted by atomic mass is 10.1. The van der Waals surface area contributed by atoms with Gasteiger partial charge in [0.15, 0.2) is 9.84 Å². The van der Waals surface area contributed by atoms with E-state index < -0.39 is 21.0 Å². The summed E-state index contributed by atoms with van der Waals surface area (Å²) in [5.74, 6) is 0.286. The topological polar surface area (TPSA) is 111 Å². The number of carbonyl (C=O) groups is 1. The van der Waals surface area contributed by atoms with E-state index in [0.717, 1.165) is 16.3 Å². The van der Waals surface area contributed by atoms with Crippen LogP contribution in [-0.4, -0.2) is 36.9 Å². The van der Waals surface area contributed by atoms with Gasteiger partial charge in [0.05, 0.1) is 29.2 Å². The van der Waals surface area contributed by atoms with Gasteiger partial charge in [-0.15, -0.1) is 5.10 Å². The molecule has 0 aliphatic heterocycles. The summed E-state index contributed by atoms with van der Waals surface area (Å²) in [6.07, 6.45) is 0.296. The van der Waals surface area contributed by atoms with Crippen molar-refractivity contribution in [3.05, 3.63) is 77.7 Å². The van der Waals surface area contributed by atoms with Crippen LogP contribution in [0.2, 0.25) is 0 Å². The van der Waals surface area contributed by atoms with Crippen LogP contribution in [0.3, 0.4) is 0 Å². The molecule has 0 spiro atoms. The van der Waals surface area contributed by atoms with Crippen molar-refractivity contribution >= 4 is 32.5 Å². The van der Waals surface area contributed by atoms with Crippen LogP contribution in [0.15, 0.2) is 70.0 Å². The molecule has 0 unspecified atom stereocenters. The van der Waals surface area contributed by atoms with Crippen molar-refractivity contribution in [1.82, 2.24) is 10.2 Å². The predicted octanol–water partition coefficient (Wildman–Crippen LogP) is 4.26. The van der Waals surface area contributed by atoms with Crippen molar-refractivity contribution in [2.75, 3.05) is 12.4 Å². The number of aromatic nitrogens is 2. The highest BCUT2D eigenvalue weighted by Crippen LogP contribution is 2.27. The lowest BCUT2D eigenvalue weighted by Crippen LogP contribution is -2.13. The first-order chi connectivity index (χ1) is 15.8. The Morgan fingerprint density at radius 3 is 2.33 bits per heavy atom. The molecule has 0 aliphatic rings. The number of fused-ring (bicyclic) bond motifs is 1. The molecular formula is C24H23N3O5S. The zero-order chi connectivity index (χ0) is 23.6. The van der Waals surface area contributed by atoms with Gasteiger partial charge in [0.1, 0.15) is 5.75 Å². The first kappa shape index (κ1) is 22.5. The quantitative estimate of drug-likeness (QED) is 0.434. The summed E-state index contributed by atoms with van der Waals surface area (Å²) in [5.41, 5.74) is 1.15. The average molecular weight is 466 g/mol. The number of hydrogen-bond acceptors (Lipinski definition) is 7. The Kier molecular flexibility index (Phi) is 6.15. The molecule has 170 valence electrons. The van der Waals surface area contributed by atoms with Crippen LogP contribution in [-0.2, 0) is 16.3 Å². The summed E-state index contributed by atoms with van der Waals surface area (Å²) in [6.45, 7) is 3.29. The zero-order valence-electron chi connectivity index (χ0n) is 18.4. The summed E-state index contributed by atoms with van der Waals surface area (Å²) >= 11 is 0. The molecule has 9 heteroatoms. The van der Waals surface area contributed by atoms with Gasteiger partial charge in [-0.25, -0.2) is 8.42 Å². The summed E-state index contributed by atoms with van der Waals surface area (Å²) in [4.78, 5) is 13.1. The lowest BCUT2D eigenvalue weighted by Gasteiger charge is -2.09. The number of nitrogens with zero attached hydrogens (tertiary/aromatic N) is 2. The fourth-order valence-electron chi connectivity index (χ4n) is 3.35. The molecule has 0 fully saturated rings. The van der Waals surface area contributed by atoms with Crippen LogP contribution in [0.4, 0.5) is 6.01 Å². The van der Waals surface area contributed by atoms with Crippen LogP contribution < -0.4 is 10.1 Å². The van der Waals surface area contributed by atoms with Crippen LogP contribution >= 0.6 is 0 Å². The van der Waals surface area contributed by atoms with Crippen LogP contribution in [0, 0.1) is 0 Å². The number of methoxy groups -OCH3 is 1. The number of rotatable bonds is 7. The third-order valence-corrected chi connectivity index (χ3v) is 7.40. The minimum Gasteiger partial charge on any atom is -0.496 e. The third kappa shape index (κ3) is 4.73. The molecule has 1 aromatic heterocycles. The Bertz CT molecular complexity index is 1410. The van der Waals surface area contributed by atoms with Gasteiger partial charge in [-0.2, -0.15) is 0 Å². The lowest BCUT2D eigenvalue weighted by molar-refractivity contribution is 0.102. The van der Waals surface area contributed by atoms with Gasteiger partial charge in [0.2, 0.25) is 5.89 Å². The molecule has 4 aromatic rings. The molecule has 33 heavy (non-hydrogen) atoms. The maximum absolute atomic E-state index is 12.8. The fraction of sp³-hybridized carbons (Fsp3) is 0.208. The summed E-state index contributed by atoms with van der Waals surface area (Å²) in [5, 5.41) is 11.8. The maximum Gasteiger partial charge on any atom is 0.322 e. The molecule has 0 radical (unpaired) electrons. The number of benzene rings is 3. The molecule has 3 aromatic carbocycles.